The fraction of sp³-hybridized carbons (Fsp3) is 0.827. The van der Waals surface area contributed by atoms with E-state index in [4.69, 9.17) is 14.2 Å². The highest BCUT2D eigenvalue weighted by atomic mass is 16.7. The van der Waals surface area contributed by atoms with Gasteiger partial charge in [0, 0.05) is 6.42 Å². The van der Waals surface area contributed by atoms with Crippen molar-refractivity contribution in [3.8, 4) is 0 Å². The summed E-state index contributed by atoms with van der Waals surface area (Å²) in [6.07, 6.45) is 79.6. The molecule has 92 heavy (non-hydrogen) atoms. The van der Waals surface area contributed by atoms with Crippen LogP contribution in [0.1, 0.15) is 367 Å². The highest BCUT2D eigenvalue weighted by Crippen LogP contribution is 2.27. The first-order chi connectivity index (χ1) is 45.2. The molecule has 1 aliphatic heterocycles. The SMILES string of the molecule is CC/C=C\C/C=C\C/C=C\C/C=C\C/C=C\CCCCCCCCCCCC(=O)OC1C(OCC(NC(=O)C(O)CCCCCCCCCCCCCCCCCCCCCCCCCCCC)C(O)/C=C/CCCCCCCCCCCC)OC(CO)C(O)C1O. The van der Waals surface area contributed by atoms with E-state index in [0.717, 1.165) is 103 Å². The molecule has 11 heteroatoms. The van der Waals surface area contributed by atoms with Crippen molar-refractivity contribution in [2.24, 2.45) is 0 Å². The summed E-state index contributed by atoms with van der Waals surface area (Å²) in [6, 6.07) is -1.03. The number of allylic oxidation sites excluding steroid dienone is 11. The minimum atomic E-state index is -1.62. The van der Waals surface area contributed by atoms with E-state index >= 15 is 0 Å². The maximum Gasteiger partial charge on any atom is 0.306 e. The lowest BCUT2D eigenvalue weighted by molar-refractivity contribution is -0.305. The van der Waals surface area contributed by atoms with Crippen molar-refractivity contribution < 1.29 is 49.3 Å². The van der Waals surface area contributed by atoms with Crippen LogP contribution in [0.4, 0.5) is 0 Å². The van der Waals surface area contributed by atoms with Gasteiger partial charge in [-0.25, -0.2) is 0 Å². The zero-order valence-electron chi connectivity index (χ0n) is 59.9. The topological polar surface area (TPSA) is 175 Å². The van der Waals surface area contributed by atoms with E-state index < -0.39 is 67.4 Å². The van der Waals surface area contributed by atoms with Crippen molar-refractivity contribution in [2.45, 2.75) is 416 Å². The summed E-state index contributed by atoms with van der Waals surface area (Å²) in [5.74, 6) is -1.19. The second-order valence-electron chi connectivity index (χ2n) is 27.1. The van der Waals surface area contributed by atoms with Crippen LogP contribution in [0.25, 0.3) is 0 Å². The van der Waals surface area contributed by atoms with Crippen LogP contribution in [0.15, 0.2) is 72.9 Å². The number of carbonyl (C=O) groups is 2. The van der Waals surface area contributed by atoms with E-state index in [1.807, 2.05) is 6.08 Å². The number of aliphatic hydroxyl groups excluding tert-OH is 5. The van der Waals surface area contributed by atoms with Gasteiger partial charge in [0.05, 0.1) is 25.4 Å². The molecule has 0 aromatic rings. The Morgan fingerprint density at radius 2 is 0.783 bits per heavy atom. The van der Waals surface area contributed by atoms with Gasteiger partial charge in [-0.05, 0) is 70.6 Å². The molecule has 1 heterocycles. The largest absolute Gasteiger partial charge is 0.454 e. The van der Waals surface area contributed by atoms with Crippen LogP contribution in [-0.2, 0) is 23.8 Å². The first-order valence-electron chi connectivity index (χ1n) is 39.2. The monoisotopic (exact) mass is 1290 g/mol. The van der Waals surface area contributed by atoms with E-state index in [9.17, 15) is 35.1 Å². The molecule has 536 valence electrons. The number of hydrogen-bond donors (Lipinski definition) is 6. The third-order valence-electron chi connectivity index (χ3n) is 18.4. The van der Waals surface area contributed by atoms with E-state index in [-0.39, 0.29) is 13.0 Å². The standard InChI is InChI=1S/C81H147NO10/c1-4-7-10-13-16-19-22-25-27-29-31-33-35-37-39-40-42-44-46-48-50-53-56-59-62-65-68-74(85)80(89)82-72(73(84)67-64-61-58-55-52-24-21-18-15-12-9-6-3)71-90-81-79(78(88)77(87)75(70-83)91-81)92-76(86)69-66-63-60-57-54-51-49-47-45-43-41-38-36-34-32-30-28-26-23-20-17-14-11-8-5-2/h8,11,17,20,26,28,32,34,38,41,64,67,72-75,77-79,81,83-85,87-88H,4-7,9-10,12-16,18-19,21-25,27,29-31,33,35-37,39-40,42-63,65-66,68-71H2,1-3H3,(H,82,89)/b11-8-,20-17-,28-26-,34-32-,41-38-,67-64+. The first-order valence-corrected chi connectivity index (χ1v) is 39.2. The Labute approximate surface area is 566 Å². The van der Waals surface area contributed by atoms with E-state index in [2.05, 4.69) is 86.8 Å². The zero-order chi connectivity index (χ0) is 66.7. The number of amides is 1. The third kappa shape index (κ3) is 54.2. The molecule has 1 rings (SSSR count). The average molecular weight is 1300 g/mol. The molecule has 0 aromatic heterocycles. The average Bonchev–Trinajstić information content (AvgIpc) is 0.875. The lowest BCUT2D eigenvalue weighted by Crippen LogP contribution is -2.61. The Morgan fingerprint density at radius 3 is 1.17 bits per heavy atom. The molecule has 11 nitrogen and oxygen atoms in total. The molecule has 6 N–H and O–H groups in total. The summed E-state index contributed by atoms with van der Waals surface area (Å²) in [5, 5.41) is 57.4. The predicted octanol–water partition coefficient (Wildman–Crippen LogP) is 21.0. The quantitative estimate of drug-likeness (QED) is 0.0195. The summed E-state index contributed by atoms with van der Waals surface area (Å²) in [7, 11) is 0. The van der Waals surface area contributed by atoms with E-state index in [1.165, 1.54) is 218 Å². The van der Waals surface area contributed by atoms with Crippen LogP contribution in [0.5, 0.6) is 0 Å². The highest BCUT2D eigenvalue weighted by molar-refractivity contribution is 5.80. The third-order valence-corrected chi connectivity index (χ3v) is 18.4. The Morgan fingerprint density at radius 1 is 0.435 bits per heavy atom. The minimum Gasteiger partial charge on any atom is -0.454 e. The molecule has 1 aliphatic rings. The Bertz CT molecular complexity index is 1780. The lowest BCUT2D eigenvalue weighted by Gasteiger charge is -2.41. The van der Waals surface area contributed by atoms with Crippen LogP contribution in [0.2, 0.25) is 0 Å². The summed E-state index contributed by atoms with van der Waals surface area (Å²) in [4.78, 5) is 26.8. The number of ether oxygens (including phenoxy) is 3. The van der Waals surface area contributed by atoms with Crippen molar-refractivity contribution in [3.05, 3.63) is 72.9 Å². The van der Waals surface area contributed by atoms with Gasteiger partial charge in [-0.1, -0.05) is 363 Å². The van der Waals surface area contributed by atoms with Gasteiger partial charge in [0.2, 0.25) is 5.91 Å². The van der Waals surface area contributed by atoms with Crippen LogP contribution in [-0.4, -0.2) is 99.6 Å². The highest BCUT2D eigenvalue weighted by Gasteiger charge is 2.47. The molecule has 1 saturated heterocycles. The second-order valence-corrected chi connectivity index (χ2v) is 27.1. The van der Waals surface area contributed by atoms with Crippen molar-refractivity contribution in [2.75, 3.05) is 13.2 Å². The number of esters is 1. The fourth-order valence-corrected chi connectivity index (χ4v) is 12.3. The normalized spacial score (nSPS) is 18.3. The van der Waals surface area contributed by atoms with Gasteiger partial charge < -0.3 is 45.1 Å². The number of rotatable bonds is 68. The van der Waals surface area contributed by atoms with E-state index in [0.29, 0.717) is 19.3 Å². The second kappa shape index (κ2) is 68.1. The van der Waals surface area contributed by atoms with Crippen LogP contribution in [0, 0.1) is 0 Å². The fourth-order valence-electron chi connectivity index (χ4n) is 12.3. The molecule has 8 unspecified atom stereocenters. The molecule has 1 amide bonds. The van der Waals surface area contributed by atoms with Crippen molar-refractivity contribution in [1.82, 2.24) is 5.32 Å². The van der Waals surface area contributed by atoms with Crippen LogP contribution >= 0.6 is 0 Å². The minimum absolute atomic E-state index is 0.115. The number of carbonyl (C=O) groups excluding carboxylic acids is 2. The molecule has 1 fully saturated rings. The predicted molar refractivity (Wildman–Crippen MR) is 389 cm³/mol. The van der Waals surface area contributed by atoms with Gasteiger partial charge in [0.25, 0.3) is 0 Å². The number of aliphatic hydroxyl groups is 5. The summed E-state index contributed by atoms with van der Waals surface area (Å²) >= 11 is 0. The lowest BCUT2D eigenvalue weighted by atomic mass is 9.99. The maximum absolute atomic E-state index is 13.5. The van der Waals surface area contributed by atoms with Crippen LogP contribution in [0.3, 0.4) is 0 Å². The number of hydrogen-bond acceptors (Lipinski definition) is 10. The van der Waals surface area contributed by atoms with Crippen LogP contribution < -0.4 is 5.32 Å². The smallest absolute Gasteiger partial charge is 0.306 e. The Balaban J connectivity index is 2.50. The summed E-state index contributed by atoms with van der Waals surface area (Å²) < 4.78 is 17.7. The van der Waals surface area contributed by atoms with Gasteiger partial charge in [-0.15, -0.1) is 0 Å². The molecule has 0 bridgehead atoms. The summed E-state index contributed by atoms with van der Waals surface area (Å²) in [6.45, 7) is 5.73. The molecule has 0 radical (unpaired) electrons. The Hall–Kier alpha value is -2.90. The van der Waals surface area contributed by atoms with Gasteiger partial charge >= 0.3 is 5.97 Å². The zero-order valence-corrected chi connectivity index (χ0v) is 59.9. The molecule has 8 atom stereocenters. The first kappa shape index (κ1) is 87.1. The number of nitrogens with one attached hydrogen (secondary N) is 1. The number of unbranched alkanes of at least 4 members (excludes halogenated alkanes) is 44. The van der Waals surface area contributed by atoms with Gasteiger partial charge in [-0.2, -0.15) is 0 Å². The van der Waals surface area contributed by atoms with Gasteiger partial charge in [-0.3, -0.25) is 9.59 Å². The van der Waals surface area contributed by atoms with Crippen molar-refractivity contribution in [3.63, 3.8) is 0 Å². The molecule has 0 aromatic carbocycles. The molecule has 0 saturated carbocycles. The van der Waals surface area contributed by atoms with Gasteiger partial charge in [0.1, 0.15) is 24.4 Å². The molecular weight excluding hydrogens is 1150 g/mol. The van der Waals surface area contributed by atoms with Crippen molar-refractivity contribution >= 4 is 11.9 Å². The van der Waals surface area contributed by atoms with E-state index in [1.54, 1.807) is 6.08 Å². The summed E-state index contributed by atoms with van der Waals surface area (Å²) in [5.41, 5.74) is 0. The molecular formula is C81H147NO10. The maximum atomic E-state index is 13.5. The Kier molecular flexibility index (Phi) is 64.4. The molecule has 0 spiro atoms. The van der Waals surface area contributed by atoms with Crippen molar-refractivity contribution in [1.29, 1.82) is 0 Å². The molecule has 0 aliphatic carbocycles. The van der Waals surface area contributed by atoms with Gasteiger partial charge in [0.15, 0.2) is 12.4 Å².